The summed E-state index contributed by atoms with van der Waals surface area (Å²) in [6.45, 7) is 0. The summed E-state index contributed by atoms with van der Waals surface area (Å²) in [6, 6.07) is 18.0. The number of thiophene rings is 1. The number of rotatable bonds is 4. The number of nitrogens with one attached hydrogen (secondary N) is 1. The van der Waals surface area contributed by atoms with Crippen molar-refractivity contribution < 1.29 is 5.11 Å². The molecule has 0 spiro atoms. The van der Waals surface area contributed by atoms with Crippen molar-refractivity contribution in [2.45, 2.75) is 5.60 Å². The fraction of sp³-hybridized carbons (Fsp3) is 0.0833. The molecule has 0 aliphatic carbocycles. The van der Waals surface area contributed by atoms with E-state index < -0.39 is 5.60 Å². The quantitative estimate of drug-likeness (QED) is 0.351. The minimum atomic E-state index is -1.49. The predicted molar refractivity (Wildman–Crippen MR) is 130 cm³/mol. The molecule has 0 aliphatic heterocycles. The van der Waals surface area contributed by atoms with E-state index in [1.54, 1.807) is 47.4 Å². The van der Waals surface area contributed by atoms with Gasteiger partial charge in [0.05, 0.1) is 22.6 Å². The van der Waals surface area contributed by atoms with Crippen molar-refractivity contribution in [1.82, 2.24) is 14.5 Å². The van der Waals surface area contributed by atoms with Gasteiger partial charge in [0, 0.05) is 33.9 Å². The van der Waals surface area contributed by atoms with Gasteiger partial charge >= 0.3 is 0 Å². The Morgan fingerprint density at radius 1 is 1.09 bits per heavy atom. The molecule has 5 aromatic rings. The van der Waals surface area contributed by atoms with Crippen LogP contribution in [0, 0.1) is 0 Å². The second kappa shape index (κ2) is 7.90. The smallest absolute Gasteiger partial charge is 0.249 e. The zero-order chi connectivity index (χ0) is 22.5. The molecule has 160 valence electrons. The average molecular weight is 482 g/mol. The number of H-pyrrole nitrogens is 1. The van der Waals surface area contributed by atoms with Crippen molar-refractivity contribution >= 4 is 45.4 Å². The molecule has 0 saturated carbocycles. The third-order valence-corrected chi connectivity index (χ3v) is 7.09. The molecule has 0 fully saturated rings. The van der Waals surface area contributed by atoms with Gasteiger partial charge in [0.15, 0.2) is 5.60 Å². The van der Waals surface area contributed by atoms with Crippen LogP contribution in [0.1, 0.15) is 16.1 Å². The Bertz CT molecular complexity index is 1520. The van der Waals surface area contributed by atoms with Crippen molar-refractivity contribution in [1.29, 1.82) is 0 Å². The van der Waals surface area contributed by atoms with Gasteiger partial charge < -0.3 is 14.7 Å². The number of halogens is 2. The van der Waals surface area contributed by atoms with Gasteiger partial charge in [0.2, 0.25) is 5.56 Å². The number of aliphatic hydroxyl groups is 1. The van der Waals surface area contributed by atoms with Crippen LogP contribution < -0.4 is 5.56 Å². The van der Waals surface area contributed by atoms with E-state index in [9.17, 15) is 9.90 Å². The highest BCUT2D eigenvalue weighted by Gasteiger charge is 2.38. The molecule has 2 N–H and O–H groups in total. The fourth-order valence-electron chi connectivity index (χ4n) is 4.00. The summed E-state index contributed by atoms with van der Waals surface area (Å²) >= 11 is 13.7. The first kappa shape index (κ1) is 21.0. The summed E-state index contributed by atoms with van der Waals surface area (Å²) in [6.07, 6.45) is 3.29. The van der Waals surface area contributed by atoms with Crippen LogP contribution in [0.25, 0.3) is 22.0 Å². The SMILES string of the molecule is Cn1cncc1C(O)(c1ccc2[nH]c(=O)cc(-c3cccc(Cl)c3)c2c1)c1ccc(Cl)s1. The molecule has 8 heteroatoms. The number of nitrogens with zero attached hydrogens (tertiary/aromatic N) is 2. The molecule has 0 aliphatic rings. The Balaban J connectivity index is 1.81. The van der Waals surface area contributed by atoms with Gasteiger partial charge in [-0.25, -0.2) is 4.98 Å². The number of aromatic nitrogens is 3. The highest BCUT2D eigenvalue weighted by Crippen LogP contribution is 2.42. The molecule has 3 aromatic heterocycles. The summed E-state index contributed by atoms with van der Waals surface area (Å²) in [7, 11) is 1.83. The van der Waals surface area contributed by atoms with Crippen molar-refractivity contribution in [2.24, 2.45) is 7.05 Å². The molecule has 2 aromatic carbocycles. The van der Waals surface area contributed by atoms with Gasteiger partial charge in [-0.2, -0.15) is 0 Å². The van der Waals surface area contributed by atoms with Gasteiger partial charge in [0.1, 0.15) is 0 Å². The minimum absolute atomic E-state index is 0.216. The van der Waals surface area contributed by atoms with Gasteiger partial charge in [0.25, 0.3) is 0 Å². The number of benzene rings is 2. The Morgan fingerprint density at radius 3 is 2.62 bits per heavy atom. The summed E-state index contributed by atoms with van der Waals surface area (Å²) in [5, 5.41) is 13.5. The van der Waals surface area contributed by atoms with E-state index in [2.05, 4.69) is 9.97 Å². The van der Waals surface area contributed by atoms with Crippen LogP contribution in [0.5, 0.6) is 0 Å². The number of pyridine rings is 1. The third kappa shape index (κ3) is 3.45. The molecule has 32 heavy (non-hydrogen) atoms. The topological polar surface area (TPSA) is 70.9 Å². The first-order chi connectivity index (χ1) is 15.4. The van der Waals surface area contributed by atoms with Gasteiger partial charge in [-0.05, 0) is 53.1 Å². The second-order valence-corrected chi connectivity index (χ2v) is 9.67. The van der Waals surface area contributed by atoms with Crippen LogP contribution in [-0.4, -0.2) is 19.6 Å². The zero-order valence-electron chi connectivity index (χ0n) is 16.8. The lowest BCUT2D eigenvalue weighted by Gasteiger charge is -2.28. The molecule has 5 rings (SSSR count). The zero-order valence-corrected chi connectivity index (χ0v) is 19.2. The van der Waals surface area contributed by atoms with E-state index in [1.165, 1.54) is 11.3 Å². The molecule has 0 amide bonds. The number of imidazole rings is 1. The number of aromatic amines is 1. The summed E-state index contributed by atoms with van der Waals surface area (Å²) in [5.74, 6) is 0. The van der Waals surface area contributed by atoms with Gasteiger partial charge in [-0.1, -0.05) is 41.4 Å². The van der Waals surface area contributed by atoms with Crippen molar-refractivity contribution in [3.63, 3.8) is 0 Å². The molecule has 0 bridgehead atoms. The maximum absolute atomic E-state index is 12.3. The predicted octanol–water partition coefficient (Wildman–Crippen LogP) is 5.58. The van der Waals surface area contributed by atoms with Gasteiger partial charge in [-0.3, -0.25) is 4.79 Å². The number of aryl methyl sites for hydroxylation is 1. The normalized spacial score (nSPS) is 13.4. The van der Waals surface area contributed by atoms with E-state index in [4.69, 9.17) is 23.2 Å². The number of fused-ring (bicyclic) bond motifs is 1. The minimum Gasteiger partial charge on any atom is -0.374 e. The van der Waals surface area contributed by atoms with Crippen LogP contribution in [0.3, 0.4) is 0 Å². The molecule has 1 unspecified atom stereocenters. The van der Waals surface area contributed by atoms with Crippen molar-refractivity contribution in [3.05, 3.63) is 109 Å². The van der Waals surface area contributed by atoms with E-state index in [0.717, 1.165) is 16.5 Å². The Morgan fingerprint density at radius 2 is 1.94 bits per heavy atom. The van der Waals surface area contributed by atoms with Crippen LogP contribution in [0.15, 0.2) is 78.0 Å². The standard InChI is InChI=1S/C24H17Cl2N3O2S/c1-29-13-27-12-20(29)24(31,21-7-8-22(26)32-21)15-5-6-19-18(10-15)17(11-23(30)28-19)14-3-2-4-16(25)9-14/h2-13,31H,1H3,(H,28,30). The van der Waals surface area contributed by atoms with Crippen molar-refractivity contribution in [2.75, 3.05) is 0 Å². The molecule has 5 nitrogen and oxygen atoms in total. The summed E-state index contributed by atoms with van der Waals surface area (Å²) < 4.78 is 2.35. The number of hydrogen-bond acceptors (Lipinski definition) is 4. The monoisotopic (exact) mass is 481 g/mol. The van der Waals surface area contributed by atoms with Crippen LogP contribution in [0.2, 0.25) is 9.36 Å². The Hall–Kier alpha value is -2.90. The van der Waals surface area contributed by atoms with Crippen molar-refractivity contribution in [3.8, 4) is 11.1 Å². The molecular formula is C24H17Cl2N3O2S. The summed E-state index contributed by atoms with van der Waals surface area (Å²) in [4.78, 5) is 20.1. The van der Waals surface area contributed by atoms with Crippen LogP contribution in [-0.2, 0) is 12.6 Å². The highest BCUT2D eigenvalue weighted by molar-refractivity contribution is 7.16. The highest BCUT2D eigenvalue weighted by atomic mass is 35.5. The van der Waals surface area contributed by atoms with E-state index >= 15 is 0 Å². The van der Waals surface area contributed by atoms with Crippen LogP contribution in [0.4, 0.5) is 0 Å². The third-order valence-electron chi connectivity index (χ3n) is 5.51. The molecule has 1 atom stereocenters. The van der Waals surface area contributed by atoms with E-state index in [-0.39, 0.29) is 5.56 Å². The largest absolute Gasteiger partial charge is 0.374 e. The molecule has 0 saturated heterocycles. The lowest BCUT2D eigenvalue weighted by atomic mass is 9.87. The Kier molecular flexibility index (Phi) is 5.18. The van der Waals surface area contributed by atoms with E-state index in [1.807, 2.05) is 37.4 Å². The number of hydrogen-bond donors (Lipinski definition) is 2. The van der Waals surface area contributed by atoms with Crippen LogP contribution >= 0.6 is 34.5 Å². The van der Waals surface area contributed by atoms with E-state index in [0.29, 0.717) is 31.0 Å². The lowest BCUT2D eigenvalue weighted by Crippen LogP contribution is -2.30. The maximum Gasteiger partial charge on any atom is 0.249 e. The molecule has 3 heterocycles. The molecule has 0 radical (unpaired) electrons. The molecular weight excluding hydrogens is 465 g/mol. The lowest BCUT2D eigenvalue weighted by molar-refractivity contribution is 0.121. The Labute approximate surface area is 197 Å². The first-order valence-electron chi connectivity index (χ1n) is 9.75. The first-order valence-corrected chi connectivity index (χ1v) is 11.3. The maximum atomic E-state index is 12.3. The fourth-order valence-corrected chi connectivity index (χ4v) is 5.36. The average Bonchev–Trinajstić information content (AvgIpc) is 3.41. The summed E-state index contributed by atoms with van der Waals surface area (Å²) in [5.41, 5.74) is 1.73. The van der Waals surface area contributed by atoms with Gasteiger partial charge in [-0.15, -0.1) is 11.3 Å². The second-order valence-electron chi connectivity index (χ2n) is 7.52.